The average molecular weight is 347 g/mol. The molecule has 2 rings (SSSR count). The summed E-state index contributed by atoms with van der Waals surface area (Å²) in [5.41, 5.74) is -0.724. The van der Waals surface area contributed by atoms with E-state index in [1.165, 1.54) is 12.0 Å². The van der Waals surface area contributed by atoms with Crippen LogP contribution in [0.15, 0.2) is 9.21 Å². The van der Waals surface area contributed by atoms with Crippen molar-refractivity contribution in [3.63, 3.8) is 0 Å². The highest BCUT2D eigenvalue weighted by Gasteiger charge is 2.44. The first-order valence-corrected chi connectivity index (χ1v) is 7.51. The van der Waals surface area contributed by atoms with Crippen LogP contribution in [0, 0.1) is 0 Å². The number of hydrogen-bond donors (Lipinski definition) is 1. The molecule has 1 amide bonds. The lowest BCUT2D eigenvalue weighted by Gasteiger charge is -2.31. The zero-order valence-corrected chi connectivity index (χ0v) is 14.1. The van der Waals surface area contributed by atoms with Gasteiger partial charge in [-0.15, -0.1) is 5.10 Å². The molecule has 0 spiro atoms. The van der Waals surface area contributed by atoms with Gasteiger partial charge in [0.15, 0.2) is 6.10 Å². The minimum atomic E-state index is -1.25. The lowest BCUT2D eigenvalue weighted by molar-refractivity contribution is -0.106. The fourth-order valence-electron chi connectivity index (χ4n) is 2.48. The molecule has 1 fully saturated rings. The third-order valence-electron chi connectivity index (χ3n) is 3.33. The van der Waals surface area contributed by atoms with E-state index in [2.05, 4.69) is 10.2 Å². The summed E-state index contributed by atoms with van der Waals surface area (Å²) in [4.78, 5) is 24.8. The Bertz CT molecular complexity index is 610. The number of carbonyl (C=O) groups excluding carboxylic acids is 1. The van der Waals surface area contributed by atoms with Crippen molar-refractivity contribution in [2.24, 2.45) is 0 Å². The Morgan fingerprint density at radius 1 is 1.54 bits per heavy atom. The minimum absolute atomic E-state index is 0.00416. The Labute approximate surface area is 138 Å². The normalized spacial score (nSPS) is 22.6. The second-order valence-corrected chi connectivity index (χ2v) is 6.48. The number of carbonyl (C=O) groups is 1. The highest BCUT2D eigenvalue weighted by molar-refractivity contribution is 5.69. The van der Waals surface area contributed by atoms with Gasteiger partial charge in [0.1, 0.15) is 18.6 Å². The molecule has 2 heterocycles. The van der Waals surface area contributed by atoms with E-state index in [4.69, 9.17) is 18.6 Å². The van der Waals surface area contributed by atoms with Crippen molar-refractivity contribution in [2.45, 2.75) is 51.1 Å². The lowest BCUT2D eigenvalue weighted by Crippen LogP contribution is -2.43. The SMILES string of the molecule is COCOC(c1n[nH]c(=O)o1)[C@@H]1C[C@H](F)CN1C(=O)OC(C)(C)C. The number of aromatic amines is 1. The Balaban J connectivity index is 2.24. The van der Waals surface area contributed by atoms with Crippen LogP contribution in [-0.2, 0) is 14.2 Å². The van der Waals surface area contributed by atoms with Crippen molar-refractivity contribution < 1.29 is 27.8 Å². The standard InChI is InChI=1S/C14H22FN3O6/c1-14(2,3)24-13(20)18-6-8(15)5-9(18)10(22-7-21-4)11-16-17-12(19)23-11/h8-10H,5-7H2,1-4H3,(H,17,19)/t8-,9-,10?/m0/s1. The highest BCUT2D eigenvalue weighted by atomic mass is 19.1. The van der Waals surface area contributed by atoms with Crippen LogP contribution in [0.4, 0.5) is 9.18 Å². The van der Waals surface area contributed by atoms with E-state index in [0.29, 0.717) is 0 Å². The molecule has 1 unspecified atom stereocenters. The molecule has 9 nitrogen and oxygen atoms in total. The fourth-order valence-corrected chi connectivity index (χ4v) is 2.48. The van der Waals surface area contributed by atoms with Gasteiger partial charge >= 0.3 is 11.8 Å². The number of nitrogens with one attached hydrogen (secondary N) is 1. The number of alkyl halides is 1. The van der Waals surface area contributed by atoms with E-state index in [9.17, 15) is 14.0 Å². The third kappa shape index (κ3) is 4.54. The molecule has 0 aromatic carbocycles. The molecule has 0 radical (unpaired) electrons. The lowest BCUT2D eigenvalue weighted by atomic mass is 10.1. The van der Waals surface area contributed by atoms with Crippen molar-refractivity contribution in [3.8, 4) is 0 Å². The average Bonchev–Trinajstić information content (AvgIpc) is 3.04. The largest absolute Gasteiger partial charge is 0.444 e. The van der Waals surface area contributed by atoms with Crippen LogP contribution in [0.5, 0.6) is 0 Å². The first-order chi connectivity index (χ1) is 11.2. The third-order valence-corrected chi connectivity index (χ3v) is 3.33. The number of likely N-dealkylation sites (tertiary alicyclic amines) is 1. The van der Waals surface area contributed by atoms with Crippen molar-refractivity contribution in [2.75, 3.05) is 20.4 Å². The zero-order valence-electron chi connectivity index (χ0n) is 14.1. The van der Waals surface area contributed by atoms with Crippen LogP contribution in [0.3, 0.4) is 0 Å². The number of aromatic nitrogens is 2. The van der Waals surface area contributed by atoms with Crippen LogP contribution in [0.2, 0.25) is 0 Å². The van der Waals surface area contributed by atoms with Gasteiger partial charge in [0, 0.05) is 13.5 Å². The second-order valence-electron chi connectivity index (χ2n) is 6.48. The Kier molecular flexibility index (Phi) is 5.60. The molecule has 3 atom stereocenters. The molecule has 24 heavy (non-hydrogen) atoms. The minimum Gasteiger partial charge on any atom is -0.444 e. The van der Waals surface area contributed by atoms with Crippen molar-refractivity contribution >= 4 is 6.09 Å². The maximum absolute atomic E-state index is 14.0. The number of nitrogens with zero attached hydrogens (tertiary/aromatic N) is 2. The summed E-state index contributed by atoms with van der Waals surface area (Å²) in [6, 6.07) is -0.739. The van der Waals surface area contributed by atoms with Gasteiger partial charge in [-0.2, -0.15) is 0 Å². The number of rotatable bonds is 5. The van der Waals surface area contributed by atoms with Crippen LogP contribution in [0.25, 0.3) is 0 Å². The second kappa shape index (κ2) is 7.31. The number of amides is 1. The van der Waals surface area contributed by atoms with Crippen molar-refractivity contribution in [3.05, 3.63) is 16.4 Å². The summed E-state index contributed by atoms with van der Waals surface area (Å²) in [5.74, 6) is -0.848. The van der Waals surface area contributed by atoms with Crippen LogP contribution >= 0.6 is 0 Å². The molecule has 1 saturated heterocycles. The summed E-state index contributed by atoms with van der Waals surface area (Å²) in [6.07, 6.45) is -2.87. The summed E-state index contributed by atoms with van der Waals surface area (Å²) in [7, 11) is 1.41. The zero-order chi connectivity index (χ0) is 17.9. The number of methoxy groups -OCH3 is 1. The summed E-state index contributed by atoms with van der Waals surface area (Å²) in [5, 5.41) is 5.84. The van der Waals surface area contributed by atoms with Gasteiger partial charge in [-0.25, -0.2) is 19.1 Å². The Hall–Kier alpha value is -1.94. The molecule has 1 aromatic heterocycles. The number of ether oxygens (including phenoxy) is 3. The smallest absolute Gasteiger partial charge is 0.434 e. The van der Waals surface area contributed by atoms with Gasteiger partial charge in [0.2, 0.25) is 5.89 Å². The van der Waals surface area contributed by atoms with Crippen LogP contribution in [-0.4, -0.2) is 59.5 Å². The molecule has 1 aromatic rings. The number of halogens is 1. The van der Waals surface area contributed by atoms with Gasteiger partial charge < -0.3 is 18.6 Å². The predicted molar refractivity (Wildman–Crippen MR) is 79.1 cm³/mol. The Morgan fingerprint density at radius 3 is 2.79 bits per heavy atom. The monoisotopic (exact) mass is 347 g/mol. The molecule has 0 saturated carbocycles. The molecule has 0 bridgehead atoms. The quantitative estimate of drug-likeness (QED) is 0.802. The van der Waals surface area contributed by atoms with Crippen molar-refractivity contribution in [1.82, 2.24) is 15.1 Å². The fraction of sp³-hybridized carbons (Fsp3) is 0.786. The Morgan fingerprint density at radius 2 is 2.25 bits per heavy atom. The van der Waals surface area contributed by atoms with Crippen LogP contribution < -0.4 is 5.76 Å². The van der Waals surface area contributed by atoms with E-state index in [0.717, 1.165) is 0 Å². The van der Waals surface area contributed by atoms with Gasteiger partial charge in [0.05, 0.1) is 12.6 Å². The van der Waals surface area contributed by atoms with E-state index in [-0.39, 0.29) is 25.6 Å². The van der Waals surface area contributed by atoms with E-state index >= 15 is 0 Å². The highest BCUT2D eigenvalue weighted by Crippen LogP contribution is 2.33. The van der Waals surface area contributed by atoms with E-state index in [1.54, 1.807) is 20.8 Å². The molecule has 10 heteroatoms. The molecule has 1 aliphatic heterocycles. The molecular weight excluding hydrogens is 325 g/mol. The number of H-pyrrole nitrogens is 1. The van der Waals surface area contributed by atoms with Gasteiger partial charge in [-0.05, 0) is 20.8 Å². The van der Waals surface area contributed by atoms with Crippen LogP contribution in [0.1, 0.15) is 39.2 Å². The summed E-state index contributed by atoms with van der Waals surface area (Å²) >= 11 is 0. The van der Waals surface area contributed by atoms with E-state index < -0.39 is 35.8 Å². The number of hydrogen-bond acceptors (Lipinski definition) is 7. The van der Waals surface area contributed by atoms with Gasteiger partial charge in [0.25, 0.3) is 0 Å². The first kappa shape index (κ1) is 18.4. The van der Waals surface area contributed by atoms with Crippen molar-refractivity contribution in [1.29, 1.82) is 0 Å². The molecule has 1 aliphatic rings. The first-order valence-electron chi connectivity index (χ1n) is 7.51. The molecule has 0 aliphatic carbocycles. The summed E-state index contributed by atoms with van der Waals surface area (Å²) in [6.45, 7) is 4.87. The molecule has 136 valence electrons. The van der Waals surface area contributed by atoms with E-state index in [1.807, 2.05) is 0 Å². The molecule has 1 N–H and O–H groups in total. The molecular formula is C14H22FN3O6. The predicted octanol–water partition coefficient (Wildman–Crippen LogP) is 1.37. The van der Waals surface area contributed by atoms with Gasteiger partial charge in [-0.1, -0.05) is 0 Å². The summed E-state index contributed by atoms with van der Waals surface area (Å²) < 4.78 is 34.5. The maximum atomic E-state index is 14.0. The topological polar surface area (TPSA) is 107 Å². The van der Waals surface area contributed by atoms with Gasteiger partial charge in [-0.3, -0.25) is 4.90 Å². The maximum Gasteiger partial charge on any atom is 0.434 e.